The second kappa shape index (κ2) is 28.4. The Morgan fingerprint density at radius 2 is 1.38 bits per heavy atom. The number of aryl methyl sites for hydroxylation is 4. The van der Waals surface area contributed by atoms with E-state index >= 15 is 0 Å². The van der Waals surface area contributed by atoms with Gasteiger partial charge in [-0.25, -0.2) is 19.7 Å². The van der Waals surface area contributed by atoms with Gasteiger partial charge >= 0.3 is 5.97 Å². The van der Waals surface area contributed by atoms with Crippen LogP contribution in [0, 0.1) is 25.7 Å². The Morgan fingerprint density at radius 3 is 1.99 bits per heavy atom. The molecule has 2 aromatic carbocycles. The average Bonchev–Trinajstić information content (AvgIpc) is 1.65. The lowest BCUT2D eigenvalue weighted by molar-refractivity contribution is -0.201. The highest BCUT2D eigenvalue weighted by atomic mass is 32.2. The molecule has 4 aromatic heterocycles. The van der Waals surface area contributed by atoms with E-state index in [2.05, 4.69) is 25.6 Å². The normalized spacial score (nSPS) is 18.1. The first-order valence-electron chi connectivity index (χ1n) is 30.4. The molecule has 7 heterocycles. The Labute approximate surface area is 531 Å². The van der Waals surface area contributed by atoms with Crippen LogP contribution in [0.3, 0.4) is 0 Å². The van der Waals surface area contributed by atoms with Crippen LogP contribution in [0.1, 0.15) is 129 Å². The van der Waals surface area contributed by atoms with E-state index in [0.29, 0.717) is 133 Å². The highest BCUT2D eigenvalue weighted by Gasteiger charge is 2.42. The van der Waals surface area contributed by atoms with Crippen molar-refractivity contribution >= 4 is 116 Å². The minimum atomic E-state index is -0.718. The lowest BCUT2D eigenvalue weighted by Crippen LogP contribution is -2.49. The van der Waals surface area contributed by atoms with E-state index in [-0.39, 0.29) is 110 Å². The zero-order chi connectivity index (χ0) is 64.8. The van der Waals surface area contributed by atoms with E-state index in [1.165, 1.54) is 53.3 Å². The van der Waals surface area contributed by atoms with Crippen molar-refractivity contribution in [2.45, 2.75) is 117 Å². The van der Waals surface area contributed by atoms with E-state index in [9.17, 15) is 47.9 Å². The van der Waals surface area contributed by atoms with Crippen molar-refractivity contribution in [3.8, 4) is 11.5 Å². The molecule has 4 aliphatic rings. The largest absolute Gasteiger partial charge is 0.494 e. The Kier molecular flexibility index (Phi) is 20.3. The molecule has 6 N–H and O–H groups in total. The first-order chi connectivity index (χ1) is 43.7. The number of aromatic nitrogens is 7. The lowest BCUT2D eigenvalue weighted by Gasteiger charge is -2.34. The van der Waals surface area contributed by atoms with E-state index in [0.717, 1.165) is 5.01 Å². The number of piperazine rings is 1. The molecule has 482 valence electrons. The molecule has 6 aromatic rings. The number of thiazole rings is 1. The van der Waals surface area contributed by atoms with E-state index in [1.807, 2.05) is 37.8 Å². The quantitative estimate of drug-likeness (QED) is 0.0322. The van der Waals surface area contributed by atoms with Crippen LogP contribution in [0.4, 0.5) is 11.9 Å². The first kappa shape index (κ1) is 64.9. The number of rotatable bonds is 26. The summed E-state index contributed by atoms with van der Waals surface area (Å²) in [6.07, 6.45) is 7.09. The fourth-order valence-electron chi connectivity index (χ4n) is 11.9. The SMILES string of the molecule is CCc1nc(C)sc1C(=O)Nc1nc2cc(C(N)=O)cc(OC)c2n1C/C=C/Cn1c(NC(=O)c2cc(C)nn2CC)nc2cc(C(N)=O)cc(OCCCN3CCN(C(=O)CCSC4CC(=O)N(CC5CCC(C(=O)ON6C(=O)CCC6=O)CC5)C4=O)CC3)c21. The number of nitrogens with zero attached hydrogens (tertiary/aromatic N) is 11. The molecule has 28 nitrogen and oxygen atoms in total. The van der Waals surface area contributed by atoms with Gasteiger partial charge < -0.3 is 39.8 Å². The van der Waals surface area contributed by atoms with Crippen molar-refractivity contribution in [3.63, 3.8) is 0 Å². The minimum absolute atomic E-state index is 0.00180. The third kappa shape index (κ3) is 14.6. The van der Waals surface area contributed by atoms with Gasteiger partial charge in [0, 0.05) is 101 Å². The molecule has 3 saturated heterocycles. The third-order valence-corrected chi connectivity index (χ3v) is 18.8. The molecule has 9 amide bonds. The number of nitrogens with two attached hydrogens (primary N) is 2. The van der Waals surface area contributed by atoms with Crippen molar-refractivity contribution in [2.75, 3.05) is 69.4 Å². The zero-order valence-electron chi connectivity index (χ0n) is 51.3. The smallest absolute Gasteiger partial charge is 0.336 e. The molecule has 1 atom stereocenters. The monoisotopic (exact) mass is 1290 g/mol. The van der Waals surface area contributed by atoms with Crippen LogP contribution in [-0.4, -0.2) is 177 Å². The van der Waals surface area contributed by atoms with E-state index < -0.39 is 52.6 Å². The van der Waals surface area contributed by atoms with Crippen LogP contribution in [0.5, 0.6) is 11.5 Å². The number of methoxy groups -OCH3 is 1. The van der Waals surface area contributed by atoms with Gasteiger partial charge in [-0.1, -0.05) is 19.1 Å². The van der Waals surface area contributed by atoms with Crippen LogP contribution in [-0.2, 0) is 59.7 Å². The molecule has 1 saturated carbocycles. The minimum Gasteiger partial charge on any atom is -0.494 e. The Hall–Kier alpha value is -9.03. The average molecular weight is 1290 g/mol. The molecule has 91 heavy (non-hydrogen) atoms. The third-order valence-electron chi connectivity index (χ3n) is 16.6. The Balaban J connectivity index is 0.763. The molecule has 3 aliphatic heterocycles. The number of hydrogen-bond acceptors (Lipinski definition) is 20. The summed E-state index contributed by atoms with van der Waals surface area (Å²) in [4.78, 5) is 154. The number of carbonyl (C=O) groups excluding carboxylic acids is 10. The molecular weight excluding hydrogens is 1210 g/mol. The van der Waals surface area contributed by atoms with E-state index in [4.69, 9.17) is 35.7 Å². The predicted molar refractivity (Wildman–Crippen MR) is 335 cm³/mol. The van der Waals surface area contributed by atoms with Crippen LogP contribution in [0.2, 0.25) is 0 Å². The second-order valence-corrected chi connectivity index (χ2v) is 25.2. The molecule has 0 bridgehead atoms. The van der Waals surface area contributed by atoms with Gasteiger partial charge in [-0.05, 0) is 95.5 Å². The predicted octanol–water partition coefficient (Wildman–Crippen LogP) is 4.78. The van der Waals surface area contributed by atoms with Gasteiger partial charge in [0.2, 0.25) is 41.4 Å². The summed E-state index contributed by atoms with van der Waals surface area (Å²) in [6, 6.07) is 7.78. The second-order valence-electron chi connectivity index (χ2n) is 22.7. The number of anilines is 2. The number of hydrogen-bond donors (Lipinski definition) is 4. The number of fused-ring (bicyclic) bond motifs is 2. The summed E-state index contributed by atoms with van der Waals surface area (Å²) in [5.74, 6) is -3.79. The summed E-state index contributed by atoms with van der Waals surface area (Å²) in [5, 5.41) is 11.1. The van der Waals surface area contributed by atoms with Crippen LogP contribution in [0.25, 0.3) is 22.1 Å². The Bertz CT molecular complexity index is 3870. The molecule has 10 rings (SSSR count). The van der Waals surface area contributed by atoms with Gasteiger partial charge in [0.05, 0.1) is 52.3 Å². The molecule has 0 spiro atoms. The molecule has 4 fully saturated rings. The number of likely N-dealkylation sites (tertiary alicyclic amines) is 1. The summed E-state index contributed by atoms with van der Waals surface area (Å²) >= 11 is 2.58. The van der Waals surface area contributed by atoms with Crippen molar-refractivity contribution in [3.05, 3.63) is 80.6 Å². The maximum atomic E-state index is 14.1. The van der Waals surface area contributed by atoms with Crippen LogP contribution >= 0.6 is 23.1 Å². The van der Waals surface area contributed by atoms with Gasteiger partial charge in [-0.15, -0.1) is 28.2 Å². The van der Waals surface area contributed by atoms with Gasteiger partial charge in [0.15, 0.2) is 0 Å². The zero-order valence-corrected chi connectivity index (χ0v) is 53.0. The number of amides is 9. The molecule has 1 aliphatic carbocycles. The van der Waals surface area contributed by atoms with Gasteiger partial charge in [-0.2, -0.15) is 5.10 Å². The number of imidazole rings is 2. The number of thioether (sulfide) groups is 1. The summed E-state index contributed by atoms with van der Waals surface area (Å²) < 4.78 is 17.3. The topological polar surface area (TPSA) is 354 Å². The van der Waals surface area contributed by atoms with Crippen LogP contribution in [0.15, 0.2) is 42.5 Å². The number of hydroxylamine groups is 2. The fourth-order valence-corrected chi connectivity index (χ4v) is 13.9. The molecule has 0 radical (unpaired) electrons. The lowest BCUT2D eigenvalue weighted by atomic mass is 9.82. The number of ether oxygens (including phenoxy) is 2. The highest BCUT2D eigenvalue weighted by Crippen LogP contribution is 2.36. The number of imide groups is 2. The van der Waals surface area contributed by atoms with Gasteiger partial charge in [0.25, 0.3) is 23.6 Å². The van der Waals surface area contributed by atoms with Crippen molar-refractivity contribution < 1.29 is 62.3 Å². The summed E-state index contributed by atoms with van der Waals surface area (Å²) in [5.41, 5.74) is 15.0. The van der Waals surface area contributed by atoms with Gasteiger partial charge in [-0.3, -0.25) is 68.3 Å². The van der Waals surface area contributed by atoms with Crippen molar-refractivity contribution in [2.24, 2.45) is 23.3 Å². The van der Waals surface area contributed by atoms with E-state index in [1.54, 1.807) is 32.9 Å². The first-order valence-corrected chi connectivity index (χ1v) is 32.3. The van der Waals surface area contributed by atoms with Gasteiger partial charge in [0.1, 0.15) is 33.1 Å². The number of primary amides is 2. The standard InChI is InChI=1S/C61H73N15O13S2/c1-6-40-53(91-35(4)64-40)57(84)68-61-65-41-28-38(54(62)81)30-44(87-5)51(41)72(61)19-8-9-20-73-52-42(66-60(73)67-56(83)43-27-34(3)69-75(43)7-2)29-39(55(63)82)31-45(52)88-25-10-18-70-21-23-71(24-22-70)47(77)17-26-90-46-32-50(80)74(58(46)85)33-36-11-13-37(14-12-36)59(86)89-76-48(78)15-16-49(76)79/h8-9,27-31,36-37,46H,6-7,10-26,32-33H2,1-5H3,(H2,62,81)(H2,63,82)(H,65,68,84)(H,66,67,83)/b9-8+. The number of carbonyl (C=O) groups is 10. The maximum Gasteiger partial charge on any atom is 0.336 e. The number of benzene rings is 2. The Morgan fingerprint density at radius 1 is 0.769 bits per heavy atom. The fraction of sp³-hybridized carbons (Fsp3) is 0.475. The van der Waals surface area contributed by atoms with Crippen molar-refractivity contribution in [1.82, 2.24) is 53.6 Å². The number of allylic oxidation sites excluding steroid dienone is 2. The van der Waals surface area contributed by atoms with Crippen LogP contribution < -0.4 is 31.6 Å². The van der Waals surface area contributed by atoms with Crippen molar-refractivity contribution in [1.29, 1.82) is 0 Å². The maximum absolute atomic E-state index is 14.1. The molecular formula is C61H73N15O13S2. The molecule has 1 unspecified atom stereocenters. The highest BCUT2D eigenvalue weighted by molar-refractivity contribution is 8.00. The number of nitrogens with one attached hydrogen (secondary N) is 2. The summed E-state index contributed by atoms with van der Waals surface area (Å²) in [7, 11) is 1.45. The molecule has 30 heteroatoms. The summed E-state index contributed by atoms with van der Waals surface area (Å²) in [6.45, 7) is 11.3.